The zero-order valence-electron chi connectivity index (χ0n) is 23.1. The van der Waals surface area contributed by atoms with E-state index in [9.17, 15) is 10.2 Å². The maximum Gasteiger partial charge on any atom is 0.173 e. The number of benzene rings is 3. The van der Waals surface area contributed by atoms with Crippen molar-refractivity contribution in [2.75, 3.05) is 20.3 Å². The molecule has 5 aromatic rings. The molecule has 2 aromatic heterocycles. The number of hydrogen-bond donors (Lipinski definition) is 2. The van der Waals surface area contributed by atoms with Crippen molar-refractivity contribution in [2.24, 2.45) is 10.2 Å². The zero-order valence-corrected chi connectivity index (χ0v) is 23.1. The first-order valence-electron chi connectivity index (χ1n) is 12.9. The second-order valence-corrected chi connectivity index (χ2v) is 9.20. The van der Waals surface area contributed by atoms with Crippen LogP contribution in [0.25, 0.3) is 0 Å². The third-order valence-corrected chi connectivity index (χ3v) is 6.31. The summed E-state index contributed by atoms with van der Waals surface area (Å²) in [5.41, 5.74) is 3.19. The summed E-state index contributed by atoms with van der Waals surface area (Å²) in [5, 5.41) is 53.4. The highest BCUT2D eigenvalue weighted by molar-refractivity contribution is 5.82. The Morgan fingerprint density at radius 1 is 0.786 bits per heavy atom. The molecule has 14 nitrogen and oxygen atoms in total. The van der Waals surface area contributed by atoms with Crippen LogP contribution in [0.2, 0.25) is 0 Å². The van der Waals surface area contributed by atoms with Crippen molar-refractivity contribution >= 4 is 12.4 Å². The minimum absolute atomic E-state index is 0.0317. The molecule has 0 aliphatic rings. The van der Waals surface area contributed by atoms with E-state index >= 15 is 0 Å². The summed E-state index contributed by atoms with van der Waals surface area (Å²) in [7, 11) is 1.61. The molecule has 0 fully saturated rings. The molecule has 0 saturated carbocycles. The Bertz CT molecular complexity index is 1630. The van der Waals surface area contributed by atoms with Crippen LogP contribution in [0.1, 0.15) is 45.4 Å². The standard InChI is InChI=1S/C28H28N10O4/c1-18-31-33-35-37(18)29-16-20-7-9-26(39)24(13-20)28(22-5-4-6-23(15-22)42-12-11-41-3)25-14-21(8-10-27(25)40)17-30-38-19(2)32-34-36-38/h4-10,13-17,28,39-40H,11-12H2,1-3H3. The second-order valence-electron chi connectivity index (χ2n) is 9.20. The van der Waals surface area contributed by atoms with E-state index in [4.69, 9.17) is 9.47 Å². The molecule has 0 aliphatic carbocycles. The van der Waals surface area contributed by atoms with Gasteiger partial charge in [-0.15, -0.1) is 19.8 Å². The van der Waals surface area contributed by atoms with Gasteiger partial charge in [-0.2, -0.15) is 10.2 Å². The van der Waals surface area contributed by atoms with E-state index in [2.05, 4.69) is 41.3 Å². The first-order valence-corrected chi connectivity index (χ1v) is 12.9. The fraction of sp³-hybridized carbons (Fsp3) is 0.214. The minimum Gasteiger partial charge on any atom is -0.508 e. The largest absolute Gasteiger partial charge is 0.508 e. The summed E-state index contributed by atoms with van der Waals surface area (Å²) >= 11 is 0. The number of tetrazole rings is 2. The van der Waals surface area contributed by atoms with Crippen LogP contribution in [-0.2, 0) is 4.74 Å². The van der Waals surface area contributed by atoms with Crippen molar-refractivity contribution in [1.29, 1.82) is 0 Å². The predicted molar refractivity (Wildman–Crippen MR) is 152 cm³/mol. The van der Waals surface area contributed by atoms with Crippen molar-refractivity contribution in [3.8, 4) is 17.2 Å². The molecule has 3 aromatic carbocycles. The molecule has 0 saturated heterocycles. The van der Waals surface area contributed by atoms with E-state index in [1.54, 1.807) is 69.8 Å². The number of nitrogens with zero attached hydrogens (tertiary/aromatic N) is 10. The number of aryl methyl sites for hydroxylation is 2. The normalized spacial score (nSPS) is 12.4. The molecule has 5 rings (SSSR count). The fourth-order valence-electron chi connectivity index (χ4n) is 4.23. The van der Waals surface area contributed by atoms with Crippen molar-refractivity contribution < 1.29 is 19.7 Å². The van der Waals surface area contributed by atoms with Gasteiger partial charge in [0, 0.05) is 24.2 Å². The summed E-state index contributed by atoms with van der Waals surface area (Å²) in [6.45, 7) is 4.26. The van der Waals surface area contributed by atoms with E-state index in [1.165, 1.54) is 9.58 Å². The topological polar surface area (TPSA) is 171 Å². The maximum absolute atomic E-state index is 11.1. The number of phenolic OH excluding ortho intramolecular Hbond substituents is 2. The molecule has 0 bridgehead atoms. The van der Waals surface area contributed by atoms with Gasteiger partial charge < -0.3 is 19.7 Å². The number of methoxy groups -OCH3 is 1. The van der Waals surface area contributed by atoms with Crippen LogP contribution in [0, 0.1) is 13.8 Å². The van der Waals surface area contributed by atoms with Gasteiger partial charge in [-0.3, -0.25) is 0 Å². The van der Waals surface area contributed by atoms with Crippen molar-refractivity contribution in [2.45, 2.75) is 19.8 Å². The summed E-state index contributed by atoms with van der Waals surface area (Å²) in [6, 6.07) is 17.7. The first kappa shape index (κ1) is 28.0. The van der Waals surface area contributed by atoms with Gasteiger partial charge in [0.1, 0.15) is 23.9 Å². The predicted octanol–water partition coefficient (Wildman–Crippen LogP) is 2.66. The van der Waals surface area contributed by atoms with Crippen LogP contribution in [-0.4, -0.2) is 83.6 Å². The van der Waals surface area contributed by atoms with E-state index in [-0.39, 0.29) is 11.5 Å². The lowest BCUT2D eigenvalue weighted by molar-refractivity contribution is 0.146. The number of aromatic nitrogens is 8. The average Bonchev–Trinajstić information content (AvgIpc) is 3.60. The molecule has 2 N–H and O–H groups in total. The Morgan fingerprint density at radius 3 is 1.86 bits per heavy atom. The Labute approximate surface area is 240 Å². The lowest BCUT2D eigenvalue weighted by Crippen LogP contribution is -2.08. The molecule has 0 amide bonds. The van der Waals surface area contributed by atoms with Crippen molar-refractivity contribution in [3.05, 3.63) is 100 Å². The van der Waals surface area contributed by atoms with E-state index in [1.807, 2.05) is 24.3 Å². The summed E-state index contributed by atoms with van der Waals surface area (Å²) in [5.74, 6) is 1.12. The van der Waals surface area contributed by atoms with E-state index in [0.29, 0.717) is 52.9 Å². The van der Waals surface area contributed by atoms with Crippen LogP contribution in [0.15, 0.2) is 70.9 Å². The molecule has 2 heterocycles. The van der Waals surface area contributed by atoms with Crippen LogP contribution in [0.5, 0.6) is 17.2 Å². The lowest BCUT2D eigenvalue weighted by atomic mass is 9.83. The fourth-order valence-corrected chi connectivity index (χ4v) is 4.23. The summed E-state index contributed by atoms with van der Waals surface area (Å²) < 4.78 is 11.0. The third-order valence-electron chi connectivity index (χ3n) is 6.31. The highest BCUT2D eigenvalue weighted by Crippen LogP contribution is 2.41. The van der Waals surface area contributed by atoms with Gasteiger partial charge in [-0.25, -0.2) is 0 Å². The monoisotopic (exact) mass is 568 g/mol. The van der Waals surface area contributed by atoms with Crippen LogP contribution in [0.3, 0.4) is 0 Å². The molecule has 42 heavy (non-hydrogen) atoms. The Morgan fingerprint density at radius 2 is 1.36 bits per heavy atom. The number of rotatable bonds is 11. The molecule has 0 atom stereocenters. The molecule has 14 heteroatoms. The number of ether oxygens (including phenoxy) is 2. The quantitative estimate of drug-likeness (QED) is 0.137. The van der Waals surface area contributed by atoms with Crippen LogP contribution in [0.4, 0.5) is 0 Å². The van der Waals surface area contributed by atoms with Gasteiger partial charge in [0.15, 0.2) is 11.6 Å². The molecule has 0 aliphatic heterocycles. The van der Waals surface area contributed by atoms with Gasteiger partial charge in [0.2, 0.25) is 0 Å². The highest BCUT2D eigenvalue weighted by Gasteiger charge is 2.24. The summed E-state index contributed by atoms with van der Waals surface area (Å²) in [6.07, 6.45) is 3.18. The molecular weight excluding hydrogens is 540 g/mol. The summed E-state index contributed by atoms with van der Waals surface area (Å²) in [4.78, 5) is 2.59. The molecule has 0 unspecified atom stereocenters. The van der Waals surface area contributed by atoms with Gasteiger partial charge in [0.05, 0.1) is 19.0 Å². The Hall–Kier alpha value is -5.50. The second kappa shape index (κ2) is 12.8. The van der Waals surface area contributed by atoms with Gasteiger partial charge in [0.25, 0.3) is 0 Å². The van der Waals surface area contributed by atoms with E-state index < -0.39 is 5.92 Å². The highest BCUT2D eigenvalue weighted by atomic mass is 16.5. The lowest BCUT2D eigenvalue weighted by Gasteiger charge is -2.22. The van der Waals surface area contributed by atoms with Gasteiger partial charge >= 0.3 is 0 Å². The first-order chi connectivity index (χ1) is 20.4. The van der Waals surface area contributed by atoms with E-state index in [0.717, 1.165) is 5.56 Å². The maximum atomic E-state index is 11.1. The Kier molecular flexibility index (Phi) is 8.53. The molecule has 0 spiro atoms. The van der Waals surface area contributed by atoms with Crippen LogP contribution < -0.4 is 4.74 Å². The molecular formula is C28H28N10O4. The SMILES string of the molecule is COCCOc1cccc(C(c2cc(C=Nn3nnnc3C)ccc2O)c2cc(C=Nn3nnnc3C)ccc2O)c1. The number of aromatic hydroxyl groups is 2. The molecule has 214 valence electrons. The average molecular weight is 569 g/mol. The molecule has 0 radical (unpaired) electrons. The van der Waals surface area contributed by atoms with Crippen LogP contribution >= 0.6 is 0 Å². The van der Waals surface area contributed by atoms with Crippen molar-refractivity contribution in [3.63, 3.8) is 0 Å². The number of hydrogen-bond acceptors (Lipinski definition) is 12. The van der Waals surface area contributed by atoms with Gasteiger partial charge in [-0.1, -0.05) is 12.1 Å². The Balaban J connectivity index is 1.60. The smallest absolute Gasteiger partial charge is 0.173 e. The van der Waals surface area contributed by atoms with Gasteiger partial charge in [-0.05, 0) is 99.9 Å². The zero-order chi connectivity index (χ0) is 29.5. The third kappa shape index (κ3) is 6.45. The minimum atomic E-state index is -0.609. The number of phenols is 2. The van der Waals surface area contributed by atoms with Crippen molar-refractivity contribution in [1.82, 2.24) is 40.6 Å².